The Morgan fingerprint density at radius 3 is 1.96 bits per heavy atom. The van der Waals surface area contributed by atoms with Crippen molar-refractivity contribution >= 4 is 11.6 Å². The molecule has 0 heterocycles. The van der Waals surface area contributed by atoms with Gasteiger partial charge in [0.05, 0.1) is 19.9 Å². The van der Waals surface area contributed by atoms with Gasteiger partial charge in [-0.3, -0.25) is 4.79 Å². The third-order valence-electron chi connectivity index (χ3n) is 3.50. The molecular formula is C19H22N2O4. The van der Waals surface area contributed by atoms with Gasteiger partial charge in [0.1, 0.15) is 17.2 Å². The Kier molecular flexibility index (Phi) is 6.83. The Balaban J connectivity index is 1.89. The SMILES string of the molecule is CC/C(=N\NC(=O)COc1ccc(OC)cc1)c1ccc(OC)cc1. The van der Waals surface area contributed by atoms with Crippen LogP contribution in [-0.4, -0.2) is 32.4 Å². The summed E-state index contributed by atoms with van der Waals surface area (Å²) >= 11 is 0. The van der Waals surface area contributed by atoms with Gasteiger partial charge in [-0.2, -0.15) is 5.10 Å². The zero-order valence-electron chi connectivity index (χ0n) is 14.6. The molecular weight excluding hydrogens is 320 g/mol. The average Bonchev–Trinajstić information content (AvgIpc) is 2.67. The number of hydrogen-bond acceptors (Lipinski definition) is 5. The lowest BCUT2D eigenvalue weighted by atomic mass is 10.1. The van der Waals surface area contributed by atoms with Crippen molar-refractivity contribution in [2.75, 3.05) is 20.8 Å². The molecule has 0 aliphatic carbocycles. The Bertz CT molecular complexity index is 709. The maximum Gasteiger partial charge on any atom is 0.277 e. The maximum atomic E-state index is 11.9. The van der Waals surface area contributed by atoms with E-state index in [2.05, 4.69) is 10.5 Å². The van der Waals surface area contributed by atoms with E-state index in [9.17, 15) is 4.79 Å². The van der Waals surface area contributed by atoms with Gasteiger partial charge >= 0.3 is 0 Å². The first-order chi connectivity index (χ1) is 12.2. The number of nitrogens with one attached hydrogen (secondary N) is 1. The van der Waals surface area contributed by atoms with Crippen LogP contribution >= 0.6 is 0 Å². The molecule has 0 aromatic heterocycles. The van der Waals surface area contributed by atoms with E-state index in [0.717, 1.165) is 22.8 Å². The molecule has 0 atom stereocenters. The summed E-state index contributed by atoms with van der Waals surface area (Å²) in [6.45, 7) is 1.86. The van der Waals surface area contributed by atoms with Crippen LogP contribution in [0.25, 0.3) is 0 Å². The number of methoxy groups -OCH3 is 2. The van der Waals surface area contributed by atoms with Crippen LogP contribution < -0.4 is 19.6 Å². The molecule has 0 aliphatic rings. The first-order valence-electron chi connectivity index (χ1n) is 7.93. The third kappa shape index (κ3) is 5.53. The molecule has 0 radical (unpaired) electrons. The summed E-state index contributed by atoms with van der Waals surface area (Å²) in [6.07, 6.45) is 0.686. The van der Waals surface area contributed by atoms with E-state index in [1.54, 1.807) is 38.5 Å². The Morgan fingerprint density at radius 1 is 0.920 bits per heavy atom. The van der Waals surface area contributed by atoms with Crippen LogP contribution in [0.4, 0.5) is 0 Å². The molecule has 6 nitrogen and oxygen atoms in total. The van der Waals surface area contributed by atoms with Crippen LogP contribution in [-0.2, 0) is 4.79 Å². The van der Waals surface area contributed by atoms with Crippen molar-refractivity contribution in [2.45, 2.75) is 13.3 Å². The standard InChI is InChI=1S/C19H22N2O4/c1-4-18(14-5-7-15(23-2)8-6-14)20-21-19(22)13-25-17-11-9-16(24-3)10-12-17/h5-12H,4,13H2,1-3H3,(H,21,22)/b20-18+. The lowest BCUT2D eigenvalue weighted by Crippen LogP contribution is -2.26. The molecule has 0 aliphatic heterocycles. The quantitative estimate of drug-likeness (QED) is 0.591. The van der Waals surface area contributed by atoms with Crippen molar-refractivity contribution in [2.24, 2.45) is 5.10 Å². The lowest BCUT2D eigenvalue weighted by Gasteiger charge is -2.08. The first-order valence-corrected chi connectivity index (χ1v) is 7.93. The van der Waals surface area contributed by atoms with Gasteiger partial charge in [-0.15, -0.1) is 0 Å². The normalized spacial score (nSPS) is 10.9. The molecule has 0 spiro atoms. The molecule has 1 amide bonds. The van der Waals surface area contributed by atoms with Crippen molar-refractivity contribution in [1.82, 2.24) is 5.43 Å². The van der Waals surface area contributed by atoms with Gasteiger partial charge in [0.25, 0.3) is 5.91 Å². The van der Waals surface area contributed by atoms with E-state index in [1.807, 2.05) is 31.2 Å². The van der Waals surface area contributed by atoms with Crippen LogP contribution in [0.5, 0.6) is 17.2 Å². The fourth-order valence-electron chi connectivity index (χ4n) is 2.11. The number of hydrogen-bond donors (Lipinski definition) is 1. The second-order valence-corrected chi connectivity index (χ2v) is 5.14. The van der Waals surface area contributed by atoms with Crippen LogP contribution in [0.15, 0.2) is 53.6 Å². The van der Waals surface area contributed by atoms with E-state index >= 15 is 0 Å². The minimum Gasteiger partial charge on any atom is -0.497 e. The number of nitrogens with zero attached hydrogens (tertiary/aromatic N) is 1. The number of amides is 1. The molecule has 1 N–H and O–H groups in total. The summed E-state index contributed by atoms with van der Waals surface area (Å²) < 4.78 is 15.6. The van der Waals surface area contributed by atoms with Gasteiger partial charge < -0.3 is 14.2 Å². The summed E-state index contributed by atoms with van der Waals surface area (Å²) in [5, 5.41) is 4.18. The summed E-state index contributed by atoms with van der Waals surface area (Å²) in [5.41, 5.74) is 4.23. The van der Waals surface area contributed by atoms with Crippen molar-refractivity contribution in [3.05, 3.63) is 54.1 Å². The van der Waals surface area contributed by atoms with Crippen molar-refractivity contribution in [3.63, 3.8) is 0 Å². The van der Waals surface area contributed by atoms with Crippen molar-refractivity contribution < 1.29 is 19.0 Å². The molecule has 0 bridgehead atoms. The Morgan fingerprint density at radius 2 is 1.44 bits per heavy atom. The van der Waals surface area contributed by atoms with E-state index in [0.29, 0.717) is 12.2 Å². The number of carbonyl (C=O) groups is 1. The van der Waals surface area contributed by atoms with Crippen LogP contribution in [0.1, 0.15) is 18.9 Å². The van der Waals surface area contributed by atoms with Gasteiger partial charge in [-0.25, -0.2) is 5.43 Å². The molecule has 0 fully saturated rings. The molecule has 0 unspecified atom stereocenters. The topological polar surface area (TPSA) is 69.2 Å². The van der Waals surface area contributed by atoms with Crippen LogP contribution in [0, 0.1) is 0 Å². The monoisotopic (exact) mass is 342 g/mol. The number of hydrazone groups is 1. The highest BCUT2D eigenvalue weighted by Crippen LogP contribution is 2.17. The zero-order chi connectivity index (χ0) is 18.1. The van der Waals surface area contributed by atoms with Gasteiger partial charge in [-0.05, 0) is 60.5 Å². The highest BCUT2D eigenvalue weighted by molar-refractivity contribution is 6.01. The van der Waals surface area contributed by atoms with E-state index in [1.165, 1.54) is 0 Å². The largest absolute Gasteiger partial charge is 0.497 e. The van der Waals surface area contributed by atoms with Gasteiger partial charge in [0, 0.05) is 0 Å². The highest BCUT2D eigenvalue weighted by Gasteiger charge is 2.05. The Hall–Kier alpha value is -3.02. The predicted octanol–water partition coefficient (Wildman–Crippen LogP) is 3.01. The smallest absolute Gasteiger partial charge is 0.277 e. The number of rotatable bonds is 8. The minimum atomic E-state index is -0.324. The maximum absolute atomic E-state index is 11.9. The third-order valence-corrected chi connectivity index (χ3v) is 3.50. The average molecular weight is 342 g/mol. The summed E-state index contributed by atoms with van der Waals surface area (Å²) in [4.78, 5) is 11.9. The first kappa shape index (κ1) is 18.3. The minimum absolute atomic E-state index is 0.116. The second kappa shape index (κ2) is 9.32. The van der Waals surface area contributed by atoms with Crippen molar-refractivity contribution in [3.8, 4) is 17.2 Å². The Labute approximate surface area is 147 Å². The lowest BCUT2D eigenvalue weighted by molar-refractivity contribution is -0.123. The number of carbonyl (C=O) groups excluding carboxylic acids is 1. The zero-order valence-corrected chi connectivity index (χ0v) is 14.6. The van der Waals surface area contributed by atoms with E-state index < -0.39 is 0 Å². The number of ether oxygens (including phenoxy) is 3. The van der Waals surface area contributed by atoms with Crippen LogP contribution in [0.2, 0.25) is 0 Å². The summed E-state index contributed by atoms with van der Waals surface area (Å²) in [5.74, 6) is 1.77. The van der Waals surface area contributed by atoms with Crippen LogP contribution in [0.3, 0.4) is 0 Å². The molecule has 132 valence electrons. The van der Waals surface area contributed by atoms with E-state index in [-0.39, 0.29) is 12.5 Å². The molecule has 0 saturated carbocycles. The highest BCUT2D eigenvalue weighted by atomic mass is 16.5. The predicted molar refractivity (Wildman–Crippen MR) is 96.5 cm³/mol. The molecule has 25 heavy (non-hydrogen) atoms. The second-order valence-electron chi connectivity index (χ2n) is 5.14. The van der Waals surface area contributed by atoms with Gasteiger partial charge in [-0.1, -0.05) is 6.92 Å². The summed E-state index contributed by atoms with van der Waals surface area (Å²) in [7, 11) is 3.21. The number of benzene rings is 2. The van der Waals surface area contributed by atoms with Gasteiger partial charge in [0.15, 0.2) is 6.61 Å². The molecule has 6 heteroatoms. The fraction of sp³-hybridized carbons (Fsp3) is 0.263. The van der Waals surface area contributed by atoms with Gasteiger partial charge in [0.2, 0.25) is 0 Å². The molecule has 2 aromatic rings. The molecule has 0 saturated heterocycles. The molecule has 2 rings (SSSR count). The fourth-order valence-corrected chi connectivity index (χ4v) is 2.11. The summed E-state index contributed by atoms with van der Waals surface area (Å²) in [6, 6.07) is 14.5. The molecule has 2 aromatic carbocycles. The van der Waals surface area contributed by atoms with E-state index in [4.69, 9.17) is 14.2 Å². The van der Waals surface area contributed by atoms with Crippen molar-refractivity contribution in [1.29, 1.82) is 0 Å².